The highest BCUT2D eigenvalue weighted by Crippen LogP contribution is 1.87. The molecule has 0 aliphatic rings. The minimum Gasteiger partial charge on any atom is -0.351 e. The summed E-state index contributed by atoms with van der Waals surface area (Å²) in [5, 5.41) is 5.87. The van der Waals surface area contributed by atoms with Crippen molar-refractivity contribution in [3.05, 3.63) is 28.4 Å². The SMILES string of the molecule is CCNCCCNC(=O)c1c[nH]c(=O)cn1. The second kappa shape index (κ2) is 6.73. The molecule has 0 spiro atoms. The molecule has 0 aliphatic carbocycles. The summed E-state index contributed by atoms with van der Waals surface area (Å²) in [6.45, 7) is 4.42. The first-order chi connectivity index (χ1) is 7.74. The van der Waals surface area contributed by atoms with Gasteiger partial charge in [-0.15, -0.1) is 0 Å². The van der Waals surface area contributed by atoms with E-state index >= 15 is 0 Å². The Hall–Kier alpha value is -1.69. The molecule has 0 radical (unpaired) electrons. The lowest BCUT2D eigenvalue weighted by atomic mass is 10.3. The maximum atomic E-state index is 11.5. The van der Waals surface area contributed by atoms with Crippen molar-refractivity contribution < 1.29 is 4.79 Å². The van der Waals surface area contributed by atoms with Crippen LogP contribution >= 0.6 is 0 Å². The van der Waals surface area contributed by atoms with Gasteiger partial charge in [-0.1, -0.05) is 6.92 Å². The van der Waals surface area contributed by atoms with E-state index in [0.29, 0.717) is 6.54 Å². The monoisotopic (exact) mass is 224 g/mol. The van der Waals surface area contributed by atoms with E-state index < -0.39 is 0 Å². The van der Waals surface area contributed by atoms with Crippen LogP contribution in [0.5, 0.6) is 0 Å². The molecule has 0 fully saturated rings. The maximum Gasteiger partial charge on any atom is 0.271 e. The maximum absolute atomic E-state index is 11.5. The Morgan fingerprint density at radius 3 is 2.94 bits per heavy atom. The summed E-state index contributed by atoms with van der Waals surface area (Å²) in [6.07, 6.45) is 3.26. The summed E-state index contributed by atoms with van der Waals surface area (Å²) < 4.78 is 0. The molecule has 0 bridgehead atoms. The molecule has 1 aromatic heterocycles. The molecule has 0 atom stereocenters. The molecule has 6 heteroatoms. The summed E-state index contributed by atoms with van der Waals surface area (Å²) in [4.78, 5) is 28.3. The van der Waals surface area contributed by atoms with Crippen molar-refractivity contribution in [1.82, 2.24) is 20.6 Å². The van der Waals surface area contributed by atoms with E-state index in [9.17, 15) is 9.59 Å². The van der Waals surface area contributed by atoms with Gasteiger partial charge in [0.05, 0.1) is 6.20 Å². The van der Waals surface area contributed by atoms with Crippen LogP contribution in [0.25, 0.3) is 0 Å². The first kappa shape index (κ1) is 12.4. The van der Waals surface area contributed by atoms with E-state index in [4.69, 9.17) is 0 Å². The third-order valence-electron chi connectivity index (χ3n) is 1.97. The Morgan fingerprint density at radius 2 is 2.31 bits per heavy atom. The molecule has 1 aromatic rings. The number of nitrogens with zero attached hydrogens (tertiary/aromatic N) is 1. The van der Waals surface area contributed by atoms with E-state index in [1.54, 1.807) is 0 Å². The predicted molar refractivity (Wildman–Crippen MR) is 60.4 cm³/mol. The van der Waals surface area contributed by atoms with E-state index in [0.717, 1.165) is 25.7 Å². The lowest BCUT2D eigenvalue weighted by molar-refractivity contribution is 0.0948. The van der Waals surface area contributed by atoms with Crippen LogP contribution in [0.4, 0.5) is 0 Å². The van der Waals surface area contributed by atoms with Gasteiger partial charge in [-0.2, -0.15) is 0 Å². The number of hydrogen-bond donors (Lipinski definition) is 3. The third kappa shape index (κ3) is 4.22. The largest absolute Gasteiger partial charge is 0.351 e. The van der Waals surface area contributed by atoms with Crippen molar-refractivity contribution in [2.24, 2.45) is 0 Å². The molecular formula is C10H16N4O2. The van der Waals surface area contributed by atoms with Crippen molar-refractivity contribution in [3.63, 3.8) is 0 Å². The lowest BCUT2D eigenvalue weighted by Crippen LogP contribution is -2.28. The highest BCUT2D eigenvalue weighted by atomic mass is 16.2. The zero-order valence-corrected chi connectivity index (χ0v) is 9.25. The van der Waals surface area contributed by atoms with Crippen molar-refractivity contribution in [1.29, 1.82) is 0 Å². The normalized spacial score (nSPS) is 10.1. The lowest BCUT2D eigenvalue weighted by Gasteiger charge is -2.04. The van der Waals surface area contributed by atoms with Gasteiger partial charge in [-0.3, -0.25) is 9.59 Å². The van der Waals surface area contributed by atoms with Gasteiger partial charge in [-0.05, 0) is 19.5 Å². The average molecular weight is 224 g/mol. The number of rotatable bonds is 6. The Morgan fingerprint density at radius 1 is 1.50 bits per heavy atom. The van der Waals surface area contributed by atoms with Gasteiger partial charge in [0, 0.05) is 12.7 Å². The summed E-state index contributed by atoms with van der Waals surface area (Å²) in [5.41, 5.74) is -0.0910. The molecule has 0 saturated heterocycles. The van der Waals surface area contributed by atoms with Crippen LogP contribution in [0, 0.1) is 0 Å². The van der Waals surface area contributed by atoms with E-state index in [1.165, 1.54) is 6.20 Å². The molecule has 0 saturated carbocycles. The third-order valence-corrected chi connectivity index (χ3v) is 1.97. The fraction of sp³-hybridized carbons (Fsp3) is 0.500. The van der Waals surface area contributed by atoms with Gasteiger partial charge >= 0.3 is 0 Å². The van der Waals surface area contributed by atoms with Gasteiger partial charge in [-0.25, -0.2) is 4.98 Å². The molecule has 1 rings (SSSR count). The molecule has 6 nitrogen and oxygen atoms in total. The average Bonchev–Trinajstić information content (AvgIpc) is 2.29. The van der Waals surface area contributed by atoms with Crippen molar-refractivity contribution in [2.45, 2.75) is 13.3 Å². The second-order valence-electron chi connectivity index (χ2n) is 3.26. The zero-order valence-electron chi connectivity index (χ0n) is 9.25. The fourth-order valence-corrected chi connectivity index (χ4v) is 1.15. The minimum absolute atomic E-state index is 0.225. The topological polar surface area (TPSA) is 86.9 Å². The fourth-order valence-electron chi connectivity index (χ4n) is 1.15. The highest BCUT2D eigenvalue weighted by Gasteiger charge is 2.05. The quantitative estimate of drug-likeness (QED) is 0.568. The molecule has 88 valence electrons. The first-order valence-electron chi connectivity index (χ1n) is 5.27. The van der Waals surface area contributed by atoms with Crippen LogP contribution in [-0.4, -0.2) is 35.5 Å². The van der Waals surface area contributed by atoms with Gasteiger partial charge in [0.15, 0.2) is 0 Å². The zero-order chi connectivity index (χ0) is 11.8. The van der Waals surface area contributed by atoms with Gasteiger partial charge in [0.1, 0.15) is 5.69 Å². The number of nitrogens with one attached hydrogen (secondary N) is 3. The standard InChI is InChI=1S/C10H16N4O2/c1-2-11-4-3-5-12-10(16)8-6-14-9(15)7-13-8/h6-7,11H,2-5H2,1H3,(H,12,16)(H,14,15). The number of H-pyrrole nitrogens is 1. The number of carbonyl (C=O) groups excluding carboxylic acids is 1. The predicted octanol–water partition coefficient (Wildman–Crippen LogP) is -0.501. The van der Waals surface area contributed by atoms with Crippen LogP contribution in [0.2, 0.25) is 0 Å². The molecule has 3 N–H and O–H groups in total. The van der Waals surface area contributed by atoms with Crippen LogP contribution in [0.15, 0.2) is 17.2 Å². The number of hydrogen-bond acceptors (Lipinski definition) is 4. The first-order valence-corrected chi connectivity index (χ1v) is 5.27. The van der Waals surface area contributed by atoms with Gasteiger partial charge < -0.3 is 15.6 Å². The molecule has 1 amide bonds. The minimum atomic E-state index is -0.316. The molecule has 16 heavy (non-hydrogen) atoms. The smallest absolute Gasteiger partial charge is 0.271 e. The van der Waals surface area contributed by atoms with Gasteiger partial charge in [0.2, 0.25) is 0 Å². The Labute approximate surface area is 93.5 Å². The molecule has 1 heterocycles. The Balaban J connectivity index is 2.30. The van der Waals surface area contributed by atoms with Crippen molar-refractivity contribution in [2.75, 3.05) is 19.6 Å². The summed E-state index contributed by atoms with van der Waals surface area (Å²) in [5.74, 6) is -0.271. The summed E-state index contributed by atoms with van der Waals surface area (Å²) >= 11 is 0. The molecule has 0 aliphatic heterocycles. The second-order valence-corrected chi connectivity index (χ2v) is 3.26. The van der Waals surface area contributed by atoms with Crippen LogP contribution in [-0.2, 0) is 0 Å². The van der Waals surface area contributed by atoms with Crippen LogP contribution in [0.3, 0.4) is 0 Å². The van der Waals surface area contributed by atoms with Crippen molar-refractivity contribution >= 4 is 5.91 Å². The summed E-state index contributed by atoms with van der Waals surface area (Å²) in [6, 6.07) is 0. The molecule has 0 aromatic carbocycles. The number of aromatic amines is 1. The van der Waals surface area contributed by atoms with Crippen LogP contribution < -0.4 is 16.2 Å². The Kier molecular flexibility index (Phi) is 5.21. The van der Waals surface area contributed by atoms with Crippen molar-refractivity contribution in [3.8, 4) is 0 Å². The van der Waals surface area contributed by atoms with Crippen LogP contribution in [0.1, 0.15) is 23.8 Å². The van der Waals surface area contributed by atoms with E-state index in [1.807, 2.05) is 6.92 Å². The number of aromatic nitrogens is 2. The number of amides is 1. The van der Waals surface area contributed by atoms with E-state index in [-0.39, 0.29) is 17.2 Å². The number of carbonyl (C=O) groups is 1. The Bertz CT molecular complexity index is 368. The van der Waals surface area contributed by atoms with E-state index in [2.05, 4.69) is 20.6 Å². The molecule has 0 unspecified atom stereocenters. The molecular weight excluding hydrogens is 208 g/mol. The highest BCUT2D eigenvalue weighted by molar-refractivity contribution is 5.91. The summed E-state index contributed by atoms with van der Waals surface area (Å²) in [7, 11) is 0. The van der Waals surface area contributed by atoms with Gasteiger partial charge in [0.25, 0.3) is 11.5 Å².